The van der Waals surface area contributed by atoms with Crippen molar-refractivity contribution < 1.29 is 18.7 Å². The van der Waals surface area contributed by atoms with Gasteiger partial charge in [0.2, 0.25) is 5.78 Å². The molecule has 1 aliphatic rings. The number of ether oxygens (including phenoxy) is 1. The molecule has 106 valence electrons. The monoisotopic (exact) mass is 297 g/mol. The highest BCUT2D eigenvalue weighted by Gasteiger charge is 2.38. The van der Waals surface area contributed by atoms with Crippen LogP contribution in [-0.4, -0.2) is 31.0 Å². The van der Waals surface area contributed by atoms with Crippen LogP contribution in [0, 0.1) is 5.82 Å². The van der Waals surface area contributed by atoms with E-state index in [-0.39, 0.29) is 22.9 Å². The van der Waals surface area contributed by atoms with E-state index >= 15 is 0 Å². The number of anilines is 1. The van der Waals surface area contributed by atoms with Crippen molar-refractivity contribution >= 4 is 29.0 Å². The van der Waals surface area contributed by atoms with Gasteiger partial charge in [0.1, 0.15) is 17.5 Å². The van der Waals surface area contributed by atoms with Crippen LogP contribution in [-0.2, 0) is 9.53 Å². The lowest BCUT2D eigenvalue weighted by Crippen LogP contribution is -2.42. The van der Waals surface area contributed by atoms with Gasteiger partial charge in [0.15, 0.2) is 6.10 Å². The van der Waals surface area contributed by atoms with Crippen LogP contribution in [0.5, 0.6) is 0 Å². The summed E-state index contributed by atoms with van der Waals surface area (Å²) >= 11 is 5.75. The van der Waals surface area contributed by atoms with Crippen LogP contribution >= 0.6 is 11.6 Å². The predicted octanol–water partition coefficient (Wildman–Crippen LogP) is 2.62. The lowest BCUT2D eigenvalue weighted by molar-refractivity contribution is 0.0557. The van der Waals surface area contributed by atoms with Crippen LogP contribution < -0.4 is 4.90 Å². The molecule has 1 aromatic carbocycles. The van der Waals surface area contributed by atoms with Crippen molar-refractivity contribution in [2.24, 2.45) is 0 Å². The molecule has 6 heteroatoms. The topological polar surface area (TPSA) is 46.6 Å². The van der Waals surface area contributed by atoms with Gasteiger partial charge < -0.3 is 9.64 Å². The molecule has 1 unspecified atom stereocenters. The Balaban J connectivity index is 2.67. The quantitative estimate of drug-likeness (QED) is 0.805. The van der Waals surface area contributed by atoms with Gasteiger partial charge in [0, 0.05) is 18.7 Å². The van der Waals surface area contributed by atoms with Gasteiger partial charge in [-0.15, -0.1) is 0 Å². The smallest absolute Gasteiger partial charge is 0.200 e. The van der Waals surface area contributed by atoms with Gasteiger partial charge in [-0.1, -0.05) is 11.6 Å². The second-order valence-corrected chi connectivity index (χ2v) is 4.62. The largest absolute Gasteiger partial charge is 0.363 e. The first-order valence-corrected chi connectivity index (χ1v) is 6.60. The van der Waals surface area contributed by atoms with E-state index in [2.05, 4.69) is 0 Å². The van der Waals surface area contributed by atoms with Crippen molar-refractivity contribution in [1.29, 1.82) is 0 Å². The van der Waals surface area contributed by atoms with E-state index in [4.69, 9.17) is 16.3 Å². The molecular weight excluding hydrogens is 285 g/mol. The summed E-state index contributed by atoms with van der Waals surface area (Å²) in [5, 5.41) is -0.102. The van der Waals surface area contributed by atoms with Gasteiger partial charge in [-0.25, -0.2) is 9.18 Å². The Morgan fingerprint density at radius 2 is 2.15 bits per heavy atom. The van der Waals surface area contributed by atoms with Crippen LogP contribution in [0.4, 0.5) is 10.1 Å². The Morgan fingerprint density at radius 1 is 1.45 bits per heavy atom. The van der Waals surface area contributed by atoms with Crippen LogP contribution in [0.1, 0.15) is 24.2 Å². The molecule has 0 aliphatic carbocycles. The number of fused-ring (bicyclic) bond motifs is 1. The Bertz CT molecular complexity index is 611. The molecule has 1 aliphatic heterocycles. The first-order chi connectivity index (χ1) is 9.54. The molecule has 0 bridgehead atoms. The highest BCUT2D eigenvalue weighted by molar-refractivity contribution is 6.31. The predicted molar refractivity (Wildman–Crippen MR) is 73.4 cm³/mol. The zero-order valence-electron chi connectivity index (χ0n) is 11.1. The summed E-state index contributed by atoms with van der Waals surface area (Å²) in [6, 6.07) is 2.42. The number of benzene rings is 1. The van der Waals surface area contributed by atoms with Crippen molar-refractivity contribution in [2.45, 2.75) is 20.0 Å². The maximum Gasteiger partial charge on any atom is 0.200 e. The number of nitrogens with zero attached hydrogens (tertiary/aromatic N) is 1. The molecule has 1 atom stereocenters. The molecule has 0 spiro atoms. The molecule has 0 saturated heterocycles. The van der Waals surface area contributed by atoms with Gasteiger partial charge in [-0.05, 0) is 26.0 Å². The minimum Gasteiger partial charge on any atom is -0.363 e. The Morgan fingerprint density at radius 3 is 2.70 bits per heavy atom. The summed E-state index contributed by atoms with van der Waals surface area (Å²) < 4.78 is 18.9. The molecule has 4 nitrogen and oxygen atoms in total. The lowest BCUT2D eigenvalue weighted by Gasteiger charge is -2.34. The number of ketones is 1. The molecule has 0 fully saturated rings. The van der Waals surface area contributed by atoms with E-state index in [0.717, 1.165) is 6.07 Å². The van der Waals surface area contributed by atoms with Crippen molar-refractivity contribution in [3.63, 3.8) is 0 Å². The van der Waals surface area contributed by atoms with E-state index in [0.29, 0.717) is 12.2 Å². The summed E-state index contributed by atoms with van der Waals surface area (Å²) in [5.41, 5.74) is 0.652. The maximum absolute atomic E-state index is 13.6. The number of hydrogen-bond acceptors (Lipinski definition) is 4. The third-order valence-corrected chi connectivity index (χ3v) is 3.42. The van der Waals surface area contributed by atoms with Gasteiger partial charge in [-0.3, -0.25) is 4.79 Å². The minimum atomic E-state index is -1.05. The minimum absolute atomic E-state index is 0.0922. The van der Waals surface area contributed by atoms with Gasteiger partial charge in [-0.2, -0.15) is 0 Å². The standard InChI is InChI=1S/C14H13ClFNO3/c1-3-17-11-6-9(15)10(16)5-8(11)13(19)14(20-4-2)12(17)7-18/h5-6,14H,3-4H2,1-2H3. The average Bonchev–Trinajstić information content (AvgIpc) is 2.44. The first kappa shape index (κ1) is 14.7. The lowest BCUT2D eigenvalue weighted by atomic mass is 9.95. The van der Waals surface area contributed by atoms with Crippen molar-refractivity contribution in [1.82, 2.24) is 0 Å². The van der Waals surface area contributed by atoms with Crippen molar-refractivity contribution in [3.8, 4) is 0 Å². The summed E-state index contributed by atoms with van der Waals surface area (Å²) in [7, 11) is 0. The van der Waals surface area contributed by atoms with Crippen molar-refractivity contribution in [3.05, 3.63) is 34.2 Å². The van der Waals surface area contributed by atoms with Crippen LogP contribution in [0.25, 0.3) is 0 Å². The van der Waals surface area contributed by atoms with Gasteiger partial charge >= 0.3 is 0 Å². The van der Waals surface area contributed by atoms with E-state index in [1.807, 2.05) is 0 Å². The highest BCUT2D eigenvalue weighted by Crippen LogP contribution is 2.36. The van der Waals surface area contributed by atoms with Crippen molar-refractivity contribution in [2.75, 3.05) is 18.1 Å². The van der Waals surface area contributed by atoms with E-state index < -0.39 is 17.7 Å². The zero-order valence-corrected chi connectivity index (χ0v) is 11.8. The molecule has 2 rings (SSSR count). The number of rotatable bonds is 3. The molecule has 0 saturated carbocycles. The highest BCUT2D eigenvalue weighted by atomic mass is 35.5. The molecular formula is C14H13ClFNO3. The number of hydrogen-bond donors (Lipinski definition) is 0. The summed E-state index contributed by atoms with van der Waals surface area (Å²) in [5.74, 6) is 0.620. The van der Waals surface area contributed by atoms with E-state index in [1.54, 1.807) is 24.7 Å². The fourth-order valence-electron chi connectivity index (χ4n) is 2.26. The molecule has 0 aromatic heterocycles. The SMILES string of the molecule is CCOC1C(=O)c2cc(F)c(Cl)cc2N(CC)C1=C=O. The molecule has 0 N–H and O–H groups in total. The average molecular weight is 298 g/mol. The number of Topliss-reactive ketones (excluding diaryl/α,β-unsaturated/α-hetero) is 1. The normalized spacial score (nSPS) is 18.0. The number of halogens is 2. The maximum atomic E-state index is 13.6. The number of carbonyl (C=O) groups is 1. The third-order valence-electron chi connectivity index (χ3n) is 3.13. The van der Waals surface area contributed by atoms with E-state index in [1.165, 1.54) is 6.07 Å². The second-order valence-electron chi connectivity index (χ2n) is 4.21. The Labute approximate surface area is 120 Å². The summed E-state index contributed by atoms with van der Waals surface area (Å²) in [6.45, 7) is 4.18. The molecule has 20 heavy (non-hydrogen) atoms. The van der Waals surface area contributed by atoms with Crippen LogP contribution in [0.3, 0.4) is 0 Å². The first-order valence-electron chi connectivity index (χ1n) is 6.22. The fourth-order valence-corrected chi connectivity index (χ4v) is 2.42. The van der Waals surface area contributed by atoms with Crippen LogP contribution in [0.15, 0.2) is 17.8 Å². The zero-order chi connectivity index (χ0) is 14.9. The van der Waals surface area contributed by atoms with E-state index in [9.17, 15) is 14.0 Å². The molecule has 0 radical (unpaired) electrons. The number of likely N-dealkylation sites (N-methyl/N-ethyl adjacent to an activating group) is 1. The summed E-state index contributed by atoms with van der Waals surface area (Å²) in [6.07, 6.45) is -1.05. The molecule has 1 aromatic rings. The Hall–Kier alpha value is -1.68. The Kier molecular flexibility index (Phi) is 4.23. The molecule has 1 heterocycles. The van der Waals surface area contributed by atoms with Gasteiger partial charge in [0.05, 0.1) is 10.7 Å². The third kappa shape index (κ3) is 2.24. The summed E-state index contributed by atoms with van der Waals surface area (Å²) in [4.78, 5) is 25.1. The molecule has 0 amide bonds. The van der Waals surface area contributed by atoms with Gasteiger partial charge in [0.25, 0.3) is 0 Å². The van der Waals surface area contributed by atoms with Crippen LogP contribution in [0.2, 0.25) is 5.02 Å². The second kappa shape index (κ2) is 5.75. The fraction of sp³-hybridized carbons (Fsp3) is 0.357. The number of carbonyl (C=O) groups excluding carboxylic acids is 2.